The molecule has 3 N–H and O–H groups in total. The number of nitrogen functional groups attached to an aromatic ring is 1. The topological polar surface area (TPSA) is 80.9 Å². The largest absolute Gasteiger partial charge is 0.368 e. The molecule has 0 unspecified atom stereocenters. The van der Waals surface area contributed by atoms with Crippen molar-refractivity contribution in [2.75, 3.05) is 12.8 Å². The first-order chi connectivity index (χ1) is 9.17. The quantitative estimate of drug-likeness (QED) is 0.877. The Morgan fingerprint density at radius 2 is 2.16 bits per heavy atom. The van der Waals surface area contributed by atoms with Gasteiger partial charge in [-0.05, 0) is 25.0 Å². The molecule has 0 fully saturated rings. The van der Waals surface area contributed by atoms with Crippen molar-refractivity contribution in [1.29, 1.82) is 0 Å². The molecule has 0 aliphatic heterocycles. The summed E-state index contributed by atoms with van der Waals surface area (Å²) >= 11 is 0. The average Bonchev–Trinajstić information content (AvgIpc) is 2.42. The molecule has 100 valence electrons. The van der Waals surface area contributed by atoms with Crippen LogP contribution in [0.1, 0.15) is 35.8 Å². The molecule has 19 heavy (non-hydrogen) atoms. The number of nitrogens with zero attached hydrogens (tertiary/aromatic N) is 2. The Kier molecular flexibility index (Phi) is 3.94. The monoisotopic (exact) mass is 258 g/mol. The molecule has 0 atom stereocenters. The average molecular weight is 258 g/mol. The molecule has 0 spiro atoms. The molecular weight excluding hydrogens is 240 g/mol. The molecule has 2 aromatic rings. The molecule has 5 heteroatoms. The second-order valence-electron chi connectivity index (χ2n) is 4.41. The van der Waals surface area contributed by atoms with Crippen LogP contribution in [0, 0.1) is 0 Å². The molecule has 1 aromatic heterocycles. The van der Waals surface area contributed by atoms with Gasteiger partial charge in [0.2, 0.25) is 5.95 Å². The third kappa shape index (κ3) is 2.65. The molecule has 0 saturated carbocycles. The number of carbonyl (C=O) groups is 1. The Morgan fingerprint density at radius 1 is 1.37 bits per heavy atom. The van der Waals surface area contributed by atoms with Gasteiger partial charge in [0.25, 0.3) is 5.91 Å². The number of rotatable bonds is 4. The molecule has 0 saturated heterocycles. The number of hydrogen-bond donors (Lipinski definition) is 2. The van der Waals surface area contributed by atoms with Crippen LogP contribution in [0.2, 0.25) is 0 Å². The summed E-state index contributed by atoms with van der Waals surface area (Å²) in [5.41, 5.74) is 7.91. The second-order valence-corrected chi connectivity index (χ2v) is 4.41. The lowest BCUT2D eigenvalue weighted by Gasteiger charge is -2.10. The maximum absolute atomic E-state index is 11.9. The SMILES string of the molecule is CCCCc1nc(N)nc2cccc(C(=O)NC)c12. The van der Waals surface area contributed by atoms with Crippen molar-refractivity contribution in [3.8, 4) is 0 Å². The second kappa shape index (κ2) is 5.65. The van der Waals surface area contributed by atoms with Crippen LogP contribution in [0.4, 0.5) is 5.95 Å². The zero-order valence-electron chi connectivity index (χ0n) is 11.2. The van der Waals surface area contributed by atoms with Crippen molar-refractivity contribution in [1.82, 2.24) is 15.3 Å². The predicted molar refractivity (Wildman–Crippen MR) is 76.0 cm³/mol. The Morgan fingerprint density at radius 3 is 2.84 bits per heavy atom. The fourth-order valence-electron chi connectivity index (χ4n) is 2.13. The molecule has 0 bridgehead atoms. The van der Waals surface area contributed by atoms with Gasteiger partial charge in [-0.2, -0.15) is 0 Å². The summed E-state index contributed by atoms with van der Waals surface area (Å²) in [5.74, 6) is 0.129. The van der Waals surface area contributed by atoms with E-state index in [0.29, 0.717) is 5.56 Å². The molecule has 1 heterocycles. The maximum atomic E-state index is 11.9. The summed E-state index contributed by atoms with van der Waals surface area (Å²) in [7, 11) is 1.62. The van der Waals surface area contributed by atoms with Crippen LogP contribution in [0.3, 0.4) is 0 Å². The highest BCUT2D eigenvalue weighted by atomic mass is 16.1. The van der Waals surface area contributed by atoms with E-state index >= 15 is 0 Å². The van der Waals surface area contributed by atoms with E-state index in [0.717, 1.165) is 35.9 Å². The number of nitrogens with two attached hydrogens (primary N) is 1. The summed E-state index contributed by atoms with van der Waals surface area (Å²) < 4.78 is 0. The fourth-order valence-corrected chi connectivity index (χ4v) is 2.13. The Balaban J connectivity index is 2.66. The van der Waals surface area contributed by atoms with Crippen molar-refractivity contribution in [3.05, 3.63) is 29.5 Å². The first-order valence-corrected chi connectivity index (χ1v) is 6.44. The number of nitrogens with one attached hydrogen (secondary N) is 1. The van der Waals surface area contributed by atoms with Crippen LogP contribution in [0.25, 0.3) is 10.9 Å². The zero-order valence-corrected chi connectivity index (χ0v) is 11.2. The first-order valence-electron chi connectivity index (χ1n) is 6.44. The number of amides is 1. The van der Waals surface area contributed by atoms with Gasteiger partial charge in [-0.25, -0.2) is 9.97 Å². The van der Waals surface area contributed by atoms with Gasteiger partial charge in [0.1, 0.15) is 0 Å². The van der Waals surface area contributed by atoms with Crippen LogP contribution in [-0.4, -0.2) is 22.9 Å². The number of aryl methyl sites for hydroxylation is 1. The Bertz CT molecular complexity index is 610. The van der Waals surface area contributed by atoms with E-state index < -0.39 is 0 Å². The zero-order chi connectivity index (χ0) is 13.8. The lowest BCUT2D eigenvalue weighted by Crippen LogP contribution is -2.19. The molecule has 0 radical (unpaired) electrons. The van der Waals surface area contributed by atoms with Gasteiger partial charge >= 0.3 is 0 Å². The van der Waals surface area contributed by atoms with E-state index in [9.17, 15) is 4.79 Å². The van der Waals surface area contributed by atoms with Gasteiger partial charge in [-0.3, -0.25) is 4.79 Å². The van der Waals surface area contributed by atoms with E-state index in [1.807, 2.05) is 12.1 Å². The number of aromatic nitrogens is 2. The third-order valence-electron chi connectivity index (χ3n) is 3.05. The summed E-state index contributed by atoms with van der Waals surface area (Å²) in [5, 5.41) is 3.46. The smallest absolute Gasteiger partial charge is 0.251 e. The normalized spacial score (nSPS) is 10.6. The first kappa shape index (κ1) is 13.3. The number of fused-ring (bicyclic) bond motifs is 1. The van der Waals surface area contributed by atoms with Crippen LogP contribution in [0.5, 0.6) is 0 Å². The molecule has 5 nitrogen and oxygen atoms in total. The van der Waals surface area contributed by atoms with Crippen molar-refractivity contribution in [3.63, 3.8) is 0 Å². The van der Waals surface area contributed by atoms with E-state index in [1.54, 1.807) is 13.1 Å². The molecule has 1 amide bonds. The molecule has 0 aliphatic rings. The highest BCUT2D eigenvalue weighted by Crippen LogP contribution is 2.22. The van der Waals surface area contributed by atoms with Gasteiger partial charge in [-0.1, -0.05) is 19.4 Å². The standard InChI is InChI=1S/C14H18N4O/c1-3-4-7-10-12-9(13(19)16-2)6-5-8-11(12)18-14(15)17-10/h5-6,8H,3-4,7H2,1-2H3,(H,16,19)(H2,15,17,18). The Labute approximate surface area is 112 Å². The highest BCUT2D eigenvalue weighted by molar-refractivity contribution is 6.07. The lowest BCUT2D eigenvalue weighted by atomic mass is 10.0. The summed E-state index contributed by atoms with van der Waals surface area (Å²) in [6, 6.07) is 5.45. The van der Waals surface area contributed by atoms with E-state index in [1.165, 1.54) is 0 Å². The highest BCUT2D eigenvalue weighted by Gasteiger charge is 2.14. The molecule has 1 aromatic carbocycles. The van der Waals surface area contributed by atoms with Crippen molar-refractivity contribution >= 4 is 22.8 Å². The van der Waals surface area contributed by atoms with Crippen LogP contribution in [-0.2, 0) is 6.42 Å². The number of hydrogen-bond acceptors (Lipinski definition) is 4. The van der Waals surface area contributed by atoms with Crippen LogP contribution in [0.15, 0.2) is 18.2 Å². The van der Waals surface area contributed by atoms with Gasteiger partial charge in [0.15, 0.2) is 0 Å². The summed E-state index contributed by atoms with van der Waals surface area (Å²) in [6.07, 6.45) is 2.87. The van der Waals surface area contributed by atoms with E-state index in [-0.39, 0.29) is 11.9 Å². The predicted octanol–water partition coefficient (Wildman–Crippen LogP) is 1.91. The summed E-state index contributed by atoms with van der Waals surface area (Å²) in [6.45, 7) is 2.12. The third-order valence-corrected chi connectivity index (χ3v) is 3.05. The maximum Gasteiger partial charge on any atom is 0.251 e. The van der Waals surface area contributed by atoms with E-state index in [4.69, 9.17) is 5.73 Å². The lowest BCUT2D eigenvalue weighted by molar-refractivity contribution is 0.0964. The van der Waals surface area contributed by atoms with Crippen LogP contribution < -0.4 is 11.1 Å². The van der Waals surface area contributed by atoms with Gasteiger partial charge in [-0.15, -0.1) is 0 Å². The molecule has 2 rings (SSSR count). The number of benzene rings is 1. The minimum atomic E-state index is -0.128. The van der Waals surface area contributed by atoms with Gasteiger partial charge < -0.3 is 11.1 Å². The Hall–Kier alpha value is -2.17. The minimum Gasteiger partial charge on any atom is -0.368 e. The van der Waals surface area contributed by atoms with Gasteiger partial charge in [0.05, 0.1) is 16.8 Å². The van der Waals surface area contributed by atoms with Crippen molar-refractivity contribution in [2.24, 2.45) is 0 Å². The molecule has 0 aliphatic carbocycles. The van der Waals surface area contributed by atoms with Crippen LogP contribution >= 0.6 is 0 Å². The molecular formula is C14H18N4O. The fraction of sp³-hybridized carbons (Fsp3) is 0.357. The minimum absolute atomic E-state index is 0.128. The number of anilines is 1. The van der Waals surface area contributed by atoms with E-state index in [2.05, 4.69) is 22.2 Å². The summed E-state index contributed by atoms with van der Waals surface area (Å²) in [4.78, 5) is 20.5. The van der Waals surface area contributed by atoms with Crippen molar-refractivity contribution in [2.45, 2.75) is 26.2 Å². The number of carbonyl (C=O) groups excluding carboxylic acids is 1. The van der Waals surface area contributed by atoms with Gasteiger partial charge in [0, 0.05) is 12.4 Å². The van der Waals surface area contributed by atoms with Crippen molar-refractivity contribution < 1.29 is 4.79 Å². The number of unbranched alkanes of at least 4 members (excludes halogenated alkanes) is 1.